The first-order chi connectivity index (χ1) is 16.7. The number of benzene rings is 2. The number of anilines is 2. The van der Waals surface area contributed by atoms with E-state index in [2.05, 4.69) is 63.4 Å². The zero-order valence-corrected chi connectivity index (χ0v) is 20.6. The van der Waals surface area contributed by atoms with Gasteiger partial charge in [-0.05, 0) is 74.7 Å². The van der Waals surface area contributed by atoms with E-state index in [-0.39, 0.29) is 11.8 Å². The van der Waals surface area contributed by atoms with Gasteiger partial charge in [0, 0.05) is 28.5 Å². The van der Waals surface area contributed by atoms with Crippen LogP contribution in [-0.2, 0) is 4.79 Å². The summed E-state index contributed by atoms with van der Waals surface area (Å²) in [5.74, 6) is 0.0786. The zero-order valence-electron chi connectivity index (χ0n) is 20.6. The minimum Gasteiger partial charge on any atom is -0.324 e. The summed E-state index contributed by atoms with van der Waals surface area (Å²) in [4.78, 5) is 29.3. The maximum atomic E-state index is 13.0. The number of hydrogen-bond acceptors (Lipinski definition) is 4. The smallest absolute Gasteiger partial charge is 0.257 e. The van der Waals surface area contributed by atoms with Crippen molar-refractivity contribution >= 4 is 23.2 Å². The van der Waals surface area contributed by atoms with Gasteiger partial charge in [0.2, 0.25) is 5.91 Å². The van der Waals surface area contributed by atoms with Crippen molar-refractivity contribution in [2.75, 3.05) is 10.6 Å². The van der Waals surface area contributed by atoms with E-state index < -0.39 is 6.04 Å². The van der Waals surface area contributed by atoms with Crippen molar-refractivity contribution < 1.29 is 9.59 Å². The lowest BCUT2D eigenvalue weighted by atomic mass is 10.0. The lowest BCUT2D eigenvalue weighted by Crippen LogP contribution is -2.24. The van der Waals surface area contributed by atoms with Crippen LogP contribution in [0.1, 0.15) is 60.0 Å². The number of aromatic nitrogens is 4. The van der Waals surface area contributed by atoms with Gasteiger partial charge in [0.15, 0.2) is 0 Å². The molecule has 0 aliphatic heterocycles. The maximum absolute atomic E-state index is 13.0. The third-order valence-electron chi connectivity index (χ3n) is 6.12. The molecular weight excluding hydrogens is 440 g/mol. The SMILES string of the molecule is Cc1cc(C(=O)Nc2ccc(NC(=O)C(C)n3cncn3)cc2)c(C)n1-c1ccc(C(C)C)cc1. The van der Waals surface area contributed by atoms with Crippen LogP contribution >= 0.6 is 0 Å². The summed E-state index contributed by atoms with van der Waals surface area (Å²) in [6.07, 6.45) is 2.89. The molecule has 35 heavy (non-hydrogen) atoms. The third-order valence-corrected chi connectivity index (χ3v) is 6.12. The van der Waals surface area contributed by atoms with Crippen LogP contribution in [0.3, 0.4) is 0 Å². The van der Waals surface area contributed by atoms with Gasteiger partial charge >= 0.3 is 0 Å². The van der Waals surface area contributed by atoms with Crippen LogP contribution in [0.15, 0.2) is 67.3 Å². The number of hydrogen-bond donors (Lipinski definition) is 2. The van der Waals surface area contributed by atoms with Crippen molar-refractivity contribution in [1.29, 1.82) is 0 Å². The highest BCUT2D eigenvalue weighted by molar-refractivity contribution is 6.05. The highest BCUT2D eigenvalue weighted by Gasteiger charge is 2.18. The molecule has 2 aromatic heterocycles. The van der Waals surface area contributed by atoms with Gasteiger partial charge in [0.05, 0.1) is 5.56 Å². The van der Waals surface area contributed by atoms with Crippen molar-refractivity contribution in [3.63, 3.8) is 0 Å². The molecule has 2 amide bonds. The van der Waals surface area contributed by atoms with Gasteiger partial charge in [-0.3, -0.25) is 9.59 Å². The molecule has 0 aliphatic carbocycles. The van der Waals surface area contributed by atoms with Crippen molar-refractivity contribution in [1.82, 2.24) is 19.3 Å². The summed E-state index contributed by atoms with van der Waals surface area (Å²) >= 11 is 0. The van der Waals surface area contributed by atoms with Crippen LogP contribution in [0.4, 0.5) is 11.4 Å². The minimum atomic E-state index is -0.492. The topological polar surface area (TPSA) is 93.8 Å². The summed E-state index contributed by atoms with van der Waals surface area (Å²) in [6, 6.07) is 16.9. The zero-order chi connectivity index (χ0) is 25.1. The molecule has 0 radical (unpaired) electrons. The van der Waals surface area contributed by atoms with Crippen molar-refractivity contribution in [3.8, 4) is 5.69 Å². The molecule has 1 unspecified atom stereocenters. The van der Waals surface area contributed by atoms with Gasteiger partial charge in [-0.2, -0.15) is 5.10 Å². The second-order valence-electron chi connectivity index (χ2n) is 8.94. The average Bonchev–Trinajstić information content (AvgIpc) is 3.48. The molecule has 0 aliphatic rings. The molecule has 1 atom stereocenters. The van der Waals surface area contributed by atoms with Gasteiger partial charge < -0.3 is 15.2 Å². The Morgan fingerprint density at radius 3 is 2.09 bits per heavy atom. The Bertz CT molecular complexity index is 1320. The standard InChI is InChI=1S/C27H30N6O2/c1-17(2)21-6-12-24(13-7-21)33-18(3)14-25(19(33)4)27(35)31-23-10-8-22(9-11-23)30-26(34)20(5)32-16-28-15-29-32/h6-17,20H,1-5H3,(H,30,34)(H,31,35). The predicted molar refractivity (Wildman–Crippen MR) is 137 cm³/mol. The molecule has 180 valence electrons. The summed E-state index contributed by atoms with van der Waals surface area (Å²) in [5, 5.41) is 9.80. The van der Waals surface area contributed by atoms with E-state index in [1.807, 2.05) is 19.9 Å². The summed E-state index contributed by atoms with van der Waals surface area (Å²) < 4.78 is 3.58. The van der Waals surface area contributed by atoms with Gasteiger partial charge in [-0.15, -0.1) is 0 Å². The van der Waals surface area contributed by atoms with Gasteiger partial charge in [-0.25, -0.2) is 9.67 Å². The molecule has 2 N–H and O–H groups in total. The van der Waals surface area contributed by atoms with E-state index >= 15 is 0 Å². The molecule has 2 aromatic carbocycles. The second-order valence-corrected chi connectivity index (χ2v) is 8.94. The fourth-order valence-electron chi connectivity index (χ4n) is 4.02. The number of nitrogens with one attached hydrogen (secondary N) is 2. The lowest BCUT2D eigenvalue weighted by Gasteiger charge is -2.13. The molecule has 4 rings (SSSR count). The van der Waals surface area contributed by atoms with E-state index in [0.29, 0.717) is 22.9 Å². The van der Waals surface area contributed by atoms with Gasteiger partial charge in [0.1, 0.15) is 18.7 Å². The van der Waals surface area contributed by atoms with Gasteiger partial charge in [-0.1, -0.05) is 26.0 Å². The molecule has 0 spiro atoms. The van der Waals surface area contributed by atoms with E-state index in [0.717, 1.165) is 17.1 Å². The first-order valence-corrected chi connectivity index (χ1v) is 11.6. The van der Waals surface area contributed by atoms with Crippen LogP contribution in [-0.4, -0.2) is 31.1 Å². The fraction of sp³-hybridized carbons (Fsp3) is 0.259. The molecular formula is C27H30N6O2. The minimum absolute atomic E-state index is 0.181. The number of carbonyl (C=O) groups is 2. The lowest BCUT2D eigenvalue weighted by molar-refractivity contribution is -0.119. The molecule has 2 heterocycles. The summed E-state index contributed by atoms with van der Waals surface area (Å²) in [5.41, 5.74) is 6.07. The fourth-order valence-corrected chi connectivity index (χ4v) is 4.02. The Balaban J connectivity index is 1.44. The van der Waals surface area contributed by atoms with Crippen LogP contribution < -0.4 is 10.6 Å². The number of rotatable bonds is 7. The Morgan fingerprint density at radius 1 is 0.886 bits per heavy atom. The number of carbonyl (C=O) groups excluding carboxylic acids is 2. The predicted octanol–water partition coefficient (Wildman–Crippen LogP) is 5.26. The largest absolute Gasteiger partial charge is 0.324 e. The third kappa shape index (κ3) is 5.16. The quantitative estimate of drug-likeness (QED) is 0.385. The molecule has 0 fully saturated rings. The Labute approximate surface area is 205 Å². The molecule has 0 saturated heterocycles. The van der Waals surface area contributed by atoms with E-state index in [9.17, 15) is 9.59 Å². The average molecular weight is 471 g/mol. The molecule has 0 bridgehead atoms. The summed E-state index contributed by atoms with van der Waals surface area (Å²) in [6.45, 7) is 10.0. The van der Waals surface area contributed by atoms with Crippen molar-refractivity contribution in [3.05, 3.63) is 89.8 Å². The highest BCUT2D eigenvalue weighted by atomic mass is 16.2. The van der Waals surface area contributed by atoms with Crippen LogP contribution in [0.2, 0.25) is 0 Å². The number of nitrogens with zero attached hydrogens (tertiary/aromatic N) is 4. The van der Waals surface area contributed by atoms with Crippen LogP contribution in [0, 0.1) is 13.8 Å². The van der Waals surface area contributed by atoms with Gasteiger partial charge in [0.25, 0.3) is 5.91 Å². The van der Waals surface area contributed by atoms with Crippen LogP contribution in [0.5, 0.6) is 0 Å². The highest BCUT2D eigenvalue weighted by Crippen LogP contribution is 2.24. The molecule has 4 aromatic rings. The monoisotopic (exact) mass is 470 g/mol. The second kappa shape index (κ2) is 9.97. The van der Waals surface area contributed by atoms with Crippen LogP contribution in [0.25, 0.3) is 5.69 Å². The Morgan fingerprint density at radius 2 is 1.51 bits per heavy atom. The molecule has 0 saturated carbocycles. The van der Waals surface area contributed by atoms with Crippen molar-refractivity contribution in [2.45, 2.75) is 46.6 Å². The maximum Gasteiger partial charge on any atom is 0.257 e. The van der Waals surface area contributed by atoms with E-state index in [4.69, 9.17) is 0 Å². The Kier molecular flexibility index (Phi) is 6.82. The van der Waals surface area contributed by atoms with E-state index in [1.54, 1.807) is 31.2 Å². The summed E-state index contributed by atoms with van der Waals surface area (Å²) in [7, 11) is 0. The number of aryl methyl sites for hydroxylation is 1. The first-order valence-electron chi connectivity index (χ1n) is 11.6. The number of amides is 2. The Hall–Kier alpha value is -4.20. The first kappa shape index (κ1) is 23.9. The normalized spacial score (nSPS) is 11.9. The molecule has 8 nitrogen and oxygen atoms in total. The van der Waals surface area contributed by atoms with E-state index in [1.165, 1.54) is 22.9 Å². The van der Waals surface area contributed by atoms with Crippen molar-refractivity contribution in [2.24, 2.45) is 0 Å². The molecule has 8 heteroatoms.